The van der Waals surface area contributed by atoms with Crippen LogP contribution in [0.2, 0.25) is 0 Å². The third-order valence-electron chi connectivity index (χ3n) is 6.83. The lowest BCUT2D eigenvalue weighted by atomic mass is 9.77. The van der Waals surface area contributed by atoms with Crippen molar-refractivity contribution in [2.75, 3.05) is 0 Å². The van der Waals surface area contributed by atoms with Crippen LogP contribution in [-0.4, -0.2) is 25.7 Å². The number of ketones is 2. The Morgan fingerprint density at radius 3 is 2.10 bits per heavy atom. The molecule has 0 aliphatic heterocycles. The molecule has 3 aliphatic rings. The third kappa shape index (κ3) is 2.75. The standard InChI is InChI=1S/C24H27N3O4/c1-11(2)9-26-22-19(23(30)27(24(26)31)10-12(3)4)18-15(8-25-22)20(28)16-13-5-6-14(7-13)17(16)21(18)29/h8,11-14H,5-7,9-10H2,1-4H3. The third-order valence-corrected chi connectivity index (χ3v) is 6.83. The quantitative estimate of drug-likeness (QED) is 0.757. The first-order valence-electron chi connectivity index (χ1n) is 11.2. The van der Waals surface area contributed by atoms with Crippen molar-refractivity contribution in [3.05, 3.63) is 49.3 Å². The van der Waals surface area contributed by atoms with Crippen molar-refractivity contribution in [2.24, 2.45) is 23.7 Å². The van der Waals surface area contributed by atoms with Crippen LogP contribution in [0.25, 0.3) is 11.0 Å². The van der Waals surface area contributed by atoms with Crippen LogP contribution in [-0.2, 0) is 13.1 Å². The zero-order valence-electron chi connectivity index (χ0n) is 18.4. The highest BCUT2D eigenvalue weighted by Gasteiger charge is 2.49. The van der Waals surface area contributed by atoms with Crippen LogP contribution in [0.4, 0.5) is 0 Å². The predicted molar refractivity (Wildman–Crippen MR) is 116 cm³/mol. The van der Waals surface area contributed by atoms with Gasteiger partial charge in [-0.1, -0.05) is 27.7 Å². The van der Waals surface area contributed by atoms with Gasteiger partial charge in [-0.05, 0) is 42.9 Å². The maximum atomic E-state index is 13.7. The van der Waals surface area contributed by atoms with E-state index in [1.165, 1.54) is 15.3 Å². The van der Waals surface area contributed by atoms with Gasteiger partial charge >= 0.3 is 5.69 Å². The molecule has 2 aromatic rings. The van der Waals surface area contributed by atoms with Crippen molar-refractivity contribution in [1.82, 2.24) is 14.1 Å². The lowest BCUT2D eigenvalue weighted by Gasteiger charge is -2.25. The van der Waals surface area contributed by atoms with Gasteiger partial charge in [-0.25, -0.2) is 9.78 Å². The number of fused-ring (bicyclic) bond motifs is 7. The van der Waals surface area contributed by atoms with E-state index in [-0.39, 0.29) is 63.9 Å². The maximum Gasteiger partial charge on any atom is 0.332 e. The van der Waals surface area contributed by atoms with E-state index >= 15 is 0 Å². The molecule has 1 fully saturated rings. The van der Waals surface area contributed by atoms with E-state index in [4.69, 9.17) is 0 Å². The Balaban J connectivity index is 1.86. The molecule has 7 nitrogen and oxygen atoms in total. The number of nitrogens with zero attached hydrogens (tertiary/aromatic N) is 3. The summed E-state index contributed by atoms with van der Waals surface area (Å²) < 4.78 is 2.70. The lowest BCUT2D eigenvalue weighted by Crippen LogP contribution is -2.43. The Kier molecular flexibility index (Phi) is 4.43. The number of rotatable bonds is 4. The zero-order chi connectivity index (χ0) is 22.2. The Hall–Kier alpha value is -2.83. The van der Waals surface area contributed by atoms with E-state index in [2.05, 4.69) is 4.98 Å². The maximum absolute atomic E-state index is 13.7. The van der Waals surface area contributed by atoms with Crippen molar-refractivity contribution < 1.29 is 9.59 Å². The fourth-order valence-electron chi connectivity index (χ4n) is 5.67. The molecule has 0 N–H and O–H groups in total. The van der Waals surface area contributed by atoms with Crippen molar-refractivity contribution in [3.8, 4) is 0 Å². The highest BCUT2D eigenvalue weighted by molar-refractivity contribution is 6.31. The number of carbonyl (C=O) groups is 2. The molecular weight excluding hydrogens is 394 g/mol. The summed E-state index contributed by atoms with van der Waals surface area (Å²) in [5.74, 6) is 0.0795. The molecule has 5 rings (SSSR count). The van der Waals surface area contributed by atoms with Gasteiger partial charge in [0, 0.05) is 30.4 Å². The summed E-state index contributed by atoms with van der Waals surface area (Å²) in [5.41, 5.74) is 0.891. The minimum Gasteiger partial charge on any atom is -0.289 e. The molecule has 0 saturated heterocycles. The van der Waals surface area contributed by atoms with Gasteiger partial charge in [0.15, 0.2) is 11.6 Å². The highest BCUT2D eigenvalue weighted by atomic mass is 16.2. The van der Waals surface area contributed by atoms with Gasteiger partial charge in [-0.15, -0.1) is 0 Å². The predicted octanol–water partition coefficient (Wildman–Crippen LogP) is 2.98. The summed E-state index contributed by atoms with van der Waals surface area (Å²) in [7, 11) is 0. The van der Waals surface area contributed by atoms with Gasteiger partial charge in [0.05, 0.1) is 16.5 Å². The molecule has 2 atom stereocenters. The molecule has 7 heteroatoms. The number of hydrogen-bond acceptors (Lipinski definition) is 5. The lowest BCUT2D eigenvalue weighted by molar-refractivity contribution is 0.0963. The van der Waals surface area contributed by atoms with Gasteiger partial charge in [-0.2, -0.15) is 0 Å². The molecule has 1 saturated carbocycles. The number of hydrogen-bond donors (Lipinski definition) is 0. The Morgan fingerprint density at radius 2 is 1.48 bits per heavy atom. The molecule has 2 aromatic heterocycles. The summed E-state index contributed by atoms with van der Waals surface area (Å²) in [6.45, 7) is 8.45. The summed E-state index contributed by atoms with van der Waals surface area (Å²) in [6.07, 6.45) is 4.10. The van der Waals surface area contributed by atoms with Crippen LogP contribution in [0.3, 0.4) is 0 Å². The van der Waals surface area contributed by atoms with Crippen LogP contribution >= 0.6 is 0 Å². The number of pyridine rings is 1. The number of aromatic nitrogens is 3. The Labute approximate surface area is 179 Å². The summed E-state index contributed by atoms with van der Waals surface area (Å²) >= 11 is 0. The van der Waals surface area contributed by atoms with Gasteiger partial charge in [0.25, 0.3) is 5.56 Å². The molecule has 2 bridgehead atoms. The largest absolute Gasteiger partial charge is 0.332 e. The second-order valence-electron chi connectivity index (χ2n) is 10.0. The molecule has 0 radical (unpaired) electrons. The molecule has 31 heavy (non-hydrogen) atoms. The van der Waals surface area contributed by atoms with Crippen LogP contribution in [0.15, 0.2) is 26.9 Å². The minimum absolute atomic E-state index is 0.0695. The van der Waals surface area contributed by atoms with Crippen LogP contribution in [0, 0.1) is 23.7 Å². The van der Waals surface area contributed by atoms with E-state index in [0.29, 0.717) is 17.7 Å². The minimum atomic E-state index is -0.522. The fraction of sp³-hybridized carbons (Fsp3) is 0.542. The SMILES string of the molecule is CC(C)Cn1c(=O)c2c3c(cnc2n(CC(C)C)c1=O)C(=O)C1=C(C3=O)C2CCC1C2. The van der Waals surface area contributed by atoms with Gasteiger partial charge in [-0.3, -0.25) is 23.5 Å². The van der Waals surface area contributed by atoms with E-state index in [0.717, 1.165) is 19.3 Å². The monoisotopic (exact) mass is 421 g/mol. The average Bonchev–Trinajstić information content (AvgIpc) is 3.33. The molecule has 3 aliphatic carbocycles. The van der Waals surface area contributed by atoms with E-state index in [1.54, 1.807) is 0 Å². The van der Waals surface area contributed by atoms with E-state index < -0.39 is 11.2 Å². The van der Waals surface area contributed by atoms with Crippen LogP contribution in [0.1, 0.15) is 67.7 Å². The molecule has 0 aromatic carbocycles. The second kappa shape index (κ2) is 6.84. The summed E-state index contributed by atoms with van der Waals surface area (Å²) in [6, 6.07) is 0. The van der Waals surface area contributed by atoms with Crippen LogP contribution in [0.5, 0.6) is 0 Å². The Morgan fingerprint density at radius 1 is 0.903 bits per heavy atom. The molecule has 0 amide bonds. The molecule has 162 valence electrons. The van der Waals surface area contributed by atoms with E-state index in [9.17, 15) is 19.2 Å². The molecular formula is C24H27N3O4. The fourth-order valence-corrected chi connectivity index (χ4v) is 5.67. The second-order valence-corrected chi connectivity index (χ2v) is 10.0. The molecule has 2 unspecified atom stereocenters. The van der Waals surface area contributed by atoms with Crippen molar-refractivity contribution in [3.63, 3.8) is 0 Å². The van der Waals surface area contributed by atoms with Crippen molar-refractivity contribution >= 4 is 22.6 Å². The average molecular weight is 421 g/mol. The summed E-state index contributed by atoms with van der Waals surface area (Å²) in [5, 5.41) is 0.117. The number of carbonyl (C=O) groups excluding carboxylic acids is 2. The van der Waals surface area contributed by atoms with Gasteiger partial charge < -0.3 is 0 Å². The first kappa shape index (κ1) is 20.1. The molecule has 2 heterocycles. The number of Topliss-reactive ketones (excluding diaryl/α,β-unsaturated/α-hetero) is 2. The van der Waals surface area contributed by atoms with Gasteiger partial charge in [0.2, 0.25) is 0 Å². The topological polar surface area (TPSA) is 91.0 Å². The first-order chi connectivity index (χ1) is 14.7. The van der Waals surface area contributed by atoms with E-state index in [1.807, 2.05) is 27.7 Å². The van der Waals surface area contributed by atoms with Crippen molar-refractivity contribution in [2.45, 2.75) is 60.0 Å². The van der Waals surface area contributed by atoms with Crippen molar-refractivity contribution in [1.29, 1.82) is 0 Å². The highest BCUT2D eigenvalue weighted by Crippen LogP contribution is 2.52. The molecule has 0 spiro atoms. The number of allylic oxidation sites excluding steroid dienone is 2. The normalized spacial score (nSPS) is 22.3. The Bertz CT molecular complexity index is 1310. The summed E-state index contributed by atoms with van der Waals surface area (Å²) in [4.78, 5) is 58.2. The first-order valence-corrected chi connectivity index (χ1v) is 11.2. The smallest absolute Gasteiger partial charge is 0.289 e. The van der Waals surface area contributed by atoms with Gasteiger partial charge in [0.1, 0.15) is 5.65 Å². The van der Waals surface area contributed by atoms with Crippen LogP contribution < -0.4 is 11.2 Å². The zero-order valence-corrected chi connectivity index (χ0v) is 18.4.